The lowest BCUT2D eigenvalue weighted by Gasteiger charge is -2.04. The second-order valence-electron chi connectivity index (χ2n) is 4.56. The number of hydrogen-bond acceptors (Lipinski definition) is 2. The minimum absolute atomic E-state index is 0.0603. The molecule has 1 aromatic heterocycles. The van der Waals surface area contributed by atoms with E-state index in [0.717, 1.165) is 10.9 Å². The van der Waals surface area contributed by atoms with Crippen molar-refractivity contribution in [2.75, 3.05) is 0 Å². The number of nitrogens with one attached hydrogen (secondary N) is 1. The highest BCUT2D eigenvalue weighted by Gasteiger charge is 2.17. The molecule has 106 valence electrons. The van der Waals surface area contributed by atoms with Crippen LogP contribution in [0.5, 0.6) is 0 Å². The number of aromatic amines is 1. The van der Waals surface area contributed by atoms with E-state index in [1.54, 1.807) is 12.1 Å². The molecule has 5 heteroatoms. The summed E-state index contributed by atoms with van der Waals surface area (Å²) in [4.78, 5) is 15.0. The Balaban J connectivity index is 1.78. The van der Waals surface area contributed by atoms with Crippen molar-refractivity contribution in [3.8, 4) is 0 Å². The van der Waals surface area contributed by atoms with Gasteiger partial charge in [0.15, 0.2) is 0 Å². The van der Waals surface area contributed by atoms with Crippen LogP contribution in [0.3, 0.4) is 0 Å². The molecule has 2 aromatic carbocycles. The number of halogens is 2. The van der Waals surface area contributed by atoms with Crippen molar-refractivity contribution in [1.29, 1.82) is 0 Å². The van der Waals surface area contributed by atoms with Crippen molar-refractivity contribution in [2.45, 2.75) is 6.61 Å². The Labute approximate surface area is 125 Å². The number of hydrogen-bond donors (Lipinski definition) is 1. The first kappa shape index (κ1) is 13.6. The predicted octanol–water partition coefficient (Wildman–Crippen LogP) is 4.32. The third kappa shape index (κ3) is 2.76. The Kier molecular flexibility index (Phi) is 3.62. The molecule has 0 aliphatic rings. The number of H-pyrrole nitrogens is 1. The molecule has 3 aromatic rings. The summed E-state index contributed by atoms with van der Waals surface area (Å²) in [5, 5.41) is 1.11. The Hall–Kier alpha value is -2.33. The molecule has 0 atom stereocenters. The van der Waals surface area contributed by atoms with Crippen LogP contribution in [0.2, 0.25) is 5.02 Å². The van der Waals surface area contributed by atoms with Gasteiger partial charge in [-0.25, -0.2) is 9.18 Å². The third-order valence-corrected chi connectivity index (χ3v) is 3.52. The van der Waals surface area contributed by atoms with Gasteiger partial charge in [0.05, 0.1) is 5.02 Å². The van der Waals surface area contributed by atoms with Gasteiger partial charge in [0.2, 0.25) is 0 Å². The second-order valence-corrected chi connectivity index (χ2v) is 4.94. The Morgan fingerprint density at radius 1 is 1.14 bits per heavy atom. The molecule has 0 unspecified atom stereocenters. The highest BCUT2D eigenvalue weighted by molar-refractivity contribution is 6.38. The minimum Gasteiger partial charge on any atom is -0.456 e. The highest BCUT2D eigenvalue weighted by atomic mass is 35.5. The number of esters is 1. The maximum absolute atomic E-state index is 12.8. The molecule has 21 heavy (non-hydrogen) atoms. The monoisotopic (exact) mass is 303 g/mol. The molecule has 0 saturated carbocycles. The Morgan fingerprint density at radius 3 is 2.57 bits per heavy atom. The molecule has 0 spiro atoms. The van der Waals surface area contributed by atoms with Crippen molar-refractivity contribution in [2.24, 2.45) is 0 Å². The van der Waals surface area contributed by atoms with Crippen LogP contribution in [0.25, 0.3) is 10.9 Å². The standard InChI is InChI=1S/C16H11ClFNO2/c17-14-12-3-1-2-4-13(12)19-15(14)16(20)21-9-10-5-7-11(18)8-6-10/h1-8,19H,9H2. The molecule has 0 saturated heterocycles. The van der Waals surface area contributed by atoms with E-state index in [1.807, 2.05) is 24.3 Å². The van der Waals surface area contributed by atoms with Gasteiger partial charge >= 0.3 is 5.97 Å². The van der Waals surface area contributed by atoms with E-state index in [9.17, 15) is 9.18 Å². The zero-order chi connectivity index (χ0) is 14.8. The lowest BCUT2D eigenvalue weighted by Crippen LogP contribution is -2.06. The van der Waals surface area contributed by atoms with Crippen LogP contribution in [0.15, 0.2) is 48.5 Å². The van der Waals surface area contributed by atoms with Crippen molar-refractivity contribution in [3.05, 3.63) is 70.6 Å². The summed E-state index contributed by atoms with van der Waals surface area (Å²) in [5.41, 5.74) is 1.70. The molecule has 0 fully saturated rings. The van der Waals surface area contributed by atoms with Crippen molar-refractivity contribution in [1.82, 2.24) is 4.98 Å². The summed E-state index contributed by atoms with van der Waals surface area (Å²) in [6, 6.07) is 13.1. The van der Waals surface area contributed by atoms with Crippen LogP contribution in [0.4, 0.5) is 4.39 Å². The first-order valence-corrected chi connectivity index (χ1v) is 6.71. The topological polar surface area (TPSA) is 42.1 Å². The molecule has 1 N–H and O–H groups in total. The zero-order valence-electron chi connectivity index (χ0n) is 10.9. The van der Waals surface area contributed by atoms with E-state index in [4.69, 9.17) is 16.3 Å². The molecular weight excluding hydrogens is 293 g/mol. The number of para-hydroxylation sites is 1. The van der Waals surface area contributed by atoms with Gasteiger partial charge in [-0.2, -0.15) is 0 Å². The fraction of sp³-hybridized carbons (Fsp3) is 0.0625. The van der Waals surface area contributed by atoms with Crippen LogP contribution in [0, 0.1) is 5.82 Å². The Bertz CT molecular complexity index is 796. The fourth-order valence-corrected chi connectivity index (χ4v) is 2.34. The average Bonchev–Trinajstić information content (AvgIpc) is 2.84. The Morgan fingerprint density at radius 2 is 1.86 bits per heavy atom. The van der Waals surface area contributed by atoms with Gasteiger partial charge in [0, 0.05) is 10.9 Å². The van der Waals surface area contributed by atoms with Gasteiger partial charge in [-0.1, -0.05) is 41.9 Å². The summed E-state index contributed by atoms with van der Waals surface area (Å²) in [6.07, 6.45) is 0. The third-order valence-electron chi connectivity index (χ3n) is 3.13. The van der Waals surface area contributed by atoms with Crippen LogP contribution in [-0.4, -0.2) is 11.0 Å². The predicted molar refractivity (Wildman–Crippen MR) is 78.8 cm³/mol. The molecule has 0 aliphatic carbocycles. The summed E-state index contributed by atoms with van der Waals surface area (Å²) in [6.45, 7) is 0.0603. The lowest BCUT2D eigenvalue weighted by molar-refractivity contribution is 0.0467. The van der Waals surface area contributed by atoms with Crippen molar-refractivity contribution in [3.63, 3.8) is 0 Å². The molecule has 0 bridgehead atoms. The van der Waals surface area contributed by atoms with Crippen molar-refractivity contribution < 1.29 is 13.9 Å². The van der Waals surface area contributed by atoms with E-state index < -0.39 is 5.97 Å². The van der Waals surface area contributed by atoms with Gasteiger partial charge in [0.25, 0.3) is 0 Å². The smallest absolute Gasteiger partial charge is 0.356 e. The van der Waals surface area contributed by atoms with Crippen LogP contribution in [0.1, 0.15) is 16.1 Å². The van der Waals surface area contributed by atoms with E-state index in [0.29, 0.717) is 10.6 Å². The summed E-state index contributed by atoms with van der Waals surface area (Å²) in [5.74, 6) is -0.871. The normalized spacial score (nSPS) is 10.8. The quantitative estimate of drug-likeness (QED) is 0.732. The summed E-state index contributed by atoms with van der Waals surface area (Å²) < 4.78 is 18.0. The second kappa shape index (κ2) is 5.58. The number of rotatable bonds is 3. The van der Waals surface area contributed by atoms with E-state index >= 15 is 0 Å². The first-order valence-electron chi connectivity index (χ1n) is 6.33. The van der Waals surface area contributed by atoms with Gasteiger partial charge in [0.1, 0.15) is 18.1 Å². The number of carbonyl (C=O) groups is 1. The summed E-state index contributed by atoms with van der Waals surface area (Å²) >= 11 is 6.17. The van der Waals surface area contributed by atoms with Crippen LogP contribution >= 0.6 is 11.6 Å². The fourth-order valence-electron chi connectivity index (χ4n) is 2.05. The molecule has 0 radical (unpaired) electrons. The number of benzene rings is 2. The van der Waals surface area contributed by atoms with Crippen LogP contribution < -0.4 is 0 Å². The van der Waals surface area contributed by atoms with Crippen molar-refractivity contribution >= 4 is 28.5 Å². The molecular formula is C16H11ClFNO2. The SMILES string of the molecule is O=C(OCc1ccc(F)cc1)c1[nH]c2ccccc2c1Cl. The van der Waals surface area contributed by atoms with Gasteiger partial charge in [-0.05, 0) is 23.8 Å². The number of ether oxygens (including phenoxy) is 1. The highest BCUT2D eigenvalue weighted by Crippen LogP contribution is 2.27. The van der Waals surface area contributed by atoms with Crippen LogP contribution in [-0.2, 0) is 11.3 Å². The van der Waals surface area contributed by atoms with E-state index in [1.165, 1.54) is 12.1 Å². The molecule has 1 heterocycles. The largest absolute Gasteiger partial charge is 0.456 e. The molecule has 3 rings (SSSR count). The zero-order valence-corrected chi connectivity index (χ0v) is 11.7. The minimum atomic E-state index is -0.541. The average molecular weight is 304 g/mol. The van der Waals surface area contributed by atoms with E-state index in [2.05, 4.69) is 4.98 Å². The molecule has 3 nitrogen and oxygen atoms in total. The van der Waals surface area contributed by atoms with Gasteiger partial charge < -0.3 is 9.72 Å². The van der Waals surface area contributed by atoms with Gasteiger partial charge in [-0.15, -0.1) is 0 Å². The lowest BCUT2D eigenvalue weighted by atomic mass is 10.2. The first-order chi connectivity index (χ1) is 10.1. The van der Waals surface area contributed by atoms with E-state index in [-0.39, 0.29) is 18.1 Å². The summed E-state index contributed by atoms with van der Waals surface area (Å²) in [7, 11) is 0. The number of aromatic nitrogens is 1. The molecule has 0 aliphatic heterocycles. The number of carbonyl (C=O) groups excluding carboxylic acids is 1. The van der Waals surface area contributed by atoms with Gasteiger partial charge in [-0.3, -0.25) is 0 Å². The maximum atomic E-state index is 12.8. The maximum Gasteiger partial charge on any atom is 0.356 e. The number of fused-ring (bicyclic) bond motifs is 1. The molecule has 0 amide bonds.